The van der Waals surface area contributed by atoms with Crippen LogP contribution in [0.4, 0.5) is 4.39 Å². The third-order valence-electron chi connectivity index (χ3n) is 3.29. The zero-order valence-electron chi connectivity index (χ0n) is 12.5. The van der Waals surface area contributed by atoms with Crippen molar-refractivity contribution in [1.29, 1.82) is 0 Å². The number of hydrogen-bond acceptors (Lipinski definition) is 3. The number of benzene rings is 1. The molecule has 1 amide bonds. The van der Waals surface area contributed by atoms with Crippen LogP contribution < -0.4 is 15.8 Å². The van der Waals surface area contributed by atoms with E-state index >= 15 is 0 Å². The van der Waals surface area contributed by atoms with Crippen molar-refractivity contribution in [2.24, 2.45) is 5.73 Å². The summed E-state index contributed by atoms with van der Waals surface area (Å²) >= 11 is 0. The average molecular weight is 282 g/mol. The van der Waals surface area contributed by atoms with Gasteiger partial charge < -0.3 is 15.8 Å². The van der Waals surface area contributed by atoms with Crippen LogP contribution in [0.25, 0.3) is 0 Å². The Kier molecular flexibility index (Phi) is 5.51. The van der Waals surface area contributed by atoms with Gasteiger partial charge in [0.25, 0.3) is 0 Å². The third kappa shape index (κ3) is 3.93. The standard InChI is InChI=1S/C15H23FN2O2/c1-5-18-15(4,14(17)19)9-11(3)20-12-8-6-7-10(2)13(12)16/h6-8,11,18H,5,9H2,1-4H3,(H2,17,19). The first-order valence-electron chi connectivity index (χ1n) is 6.77. The molecule has 0 aromatic heterocycles. The van der Waals surface area contributed by atoms with E-state index in [9.17, 15) is 9.18 Å². The number of rotatable bonds is 7. The lowest BCUT2D eigenvalue weighted by Gasteiger charge is -2.30. The molecule has 0 spiro atoms. The van der Waals surface area contributed by atoms with Crippen LogP contribution in [0.2, 0.25) is 0 Å². The maximum atomic E-state index is 13.9. The van der Waals surface area contributed by atoms with Crippen molar-refractivity contribution in [1.82, 2.24) is 5.32 Å². The van der Waals surface area contributed by atoms with Gasteiger partial charge in [0.1, 0.15) is 0 Å². The molecule has 0 aliphatic carbocycles. The third-order valence-corrected chi connectivity index (χ3v) is 3.29. The molecule has 2 unspecified atom stereocenters. The van der Waals surface area contributed by atoms with Crippen LogP contribution >= 0.6 is 0 Å². The molecule has 4 nitrogen and oxygen atoms in total. The summed E-state index contributed by atoms with van der Waals surface area (Å²) in [4.78, 5) is 11.6. The highest BCUT2D eigenvalue weighted by Gasteiger charge is 2.32. The number of carbonyl (C=O) groups is 1. The lowest BCUT2D eigenvalue weighted by molar-refractivity contribution is -0.124. The summed E-state index contributed by atoms with van der Waals surface area (Å²) in [6, 6.07) is 4.99. The largest absolute Gasteiger partial charge is 0.488 e. The van der Waals surface area contributed by atoms with Crippen molar-refractivity contribution in [2.45, 2.75) is 45.8 Å². The lowest BCUT2D eigenvalue weighted by atomic mass is 9.94. The van der Waals surface area contributed by atoms with Crippen LogP contribution in [-0.2, 0) is 4.79 Å². The molecule has 0 heterocycles. The Morgan fingerprint density at radius 2 is 2.20 bits per heavy atom. The first-order valence-corrected chi connectivity index (χ1v) is 6.77. The van der Waals surface area contributed by atoms with Crippen LogP contribution in [0.5, 0.6) is 5.75 Å². The molecule has 1 rings (SSSR count). The predicted octanol–water partition coefficient (Wildman–Crippen LogP) is 2.15. The molecular formula is C15H23FN2O2. The SMILES string of the molecule is CCNC(C)(CC(C)Oc1cccc(C)c1F)C(N)=O. The molecule has 3 N–H and O–H groups in total. The highest BCUT2D eigenvalue weighted by molar-refractivity contribution is 5.84. The Morgan fingerprint density at radius 3 is 2.75 bits per heavy atom. The van der Waals surface area contributed by atoms with Gasteiger partial charge in [0.15, 0.2) is 11.6 Å². The number of nitrogens with one attached hydrogen (secondary N) is 1. The van der Waals surface area contributed by atoms with E-state index in [1.165, 1.54) is 0 Å². The normalized spacial score (nSPS) is 15.4. The van der Waals surface area contributed by atoms with Gasteiger partial charge in [-0.25, -0.2) is 4.39 Å². The summed E-state index contributed by atoms with van der Waals surface area (Å²) in [5.74, 6) is -0.621. The number of halogens is 1. The first kappa shape index (κ1) is 16.4. The first-order chi connectivity index (χ1) is 9.30. The Labute approximate surface area is 119 Å². The zero-order chi connectivity index (χ0) is 15.3. The summed E-state index contributed by atoms with van der Waals surface area (Å²) < 4.78 is 19.5. The van der Waals surface area contributed by atoms with Crippen LogP contribution in [-0.4, -0.2) is 24.1 Å². The highest BCUT2D eigenvalue weighted by atomic mass is 19.1. The number of hydrogen-bond donors (Lipinski definition) is 2. The van der Waals surface area contributed by atoms with Gasteiger partial charge in [-0.1, -0.05) is 19.1 Å². The van der Waals surface area contributed by atoms with E-state index in [1.54, 1.807) is 39.0 Å². The average Bonchev–Trinajstić information content (AvgIpc) is 2.35. The minimum absolute atomic E-state index is 0.195. The van der Waals surface area contributed by atoms with E-state index in [0.29, 0.717) is 18.5 Å². The number of amides is 1. The van der Waals surface area contributed by atoms with Crippen LogP contribution in [0.3, 0.4) is 0 Å². The van der Waals surface area contributed by atoms with E-state index in [0.717, 1.165) is 0 Å². The van der Waals surface area contributed by atoms with Crippen molar-refractivity contribution in [3.05, 3.63) is 29.6 Å². The van der Waals surface area contributed by atoms with Gasteiger partial charge >= 0.3 is 0 Å². The van der Waals surface area contributed by atoms with Crippen LogP contribution in [0.15, 0.2) is 18.2 Å². The fraction of sp³-hybridized carbons (Fsp3) is 0.533. The Morgan fingerprint density at radius 1 is 1.55 bits per heavy atom. The van der Waals surface area contributed by atoms with Gasteiger partial charge in [-0.05, 0) is 38.9 Å². The van der Waals surface area contributed by atoms with E-state index in [4.69, 9.17) is 10.5 Å². The van der Waals surface area contributed by atoms with Crippen molar-refractivity contribution >= 4 is 5.91 Å². The minimum atomic E-state index is -0.867. The molecule has 0 saturated heterocycles. The summed E-state index contributed by atoms with van der Waals surface area (Å²) in [5, 5.41) is 3.05. The Bertz CT molecular complexity index is 479. The number of aryl methyl sites for hydroxylation is 1. The highest BCUT2D eigenvalue weighted by Crippen LogP contribution is 2.23. The predicted molar refractivity (Wildman–Crippen MR) is 77.1 cm³/mol. The minimum Gasteiger partial charge on any atom is -0.488 e. The molecule has 5 heteroatoms. The van der Waals surface area contributed by atoms with E-state index in [-0.39, 0.29) is 17.7 Å². The molecule has 0 saturated carbocycles. The van der Waals surface area contributed by atoms with Gasteiger partial charge in [0.2, 0.25) is 5.91 Å². The lowest BCUT2D eigenvalue weighted by Crippen LogP contribution is -2.55. The van der Waals surface area contributed by atoms with Crippen molar-refractivity contribution in [3.8, 4) is 5.75 Å². The number of likely N-dealkylation sites (N-methyl/N-ethyl adjacent to an activating group) is 1. The van der Waals surface area contributed by atoms with Crippen molar-refractivity contribution in [2.75, 3.05) is 6.54 Å². The molecule has 1 aromatic rings. The van der Waals surface area contributed by atoms with Gasteiger partial charge in [0, 0.05) is 6.42 Å². The number of carbonyl (C=O) groups excluding carboxylic acids is 1. The van der Waals surface area contributed by atoms with Gasteiger partial charge in [0.05, 0.1) is 11.6 Å². The number of primary amides is 1. The maximum absolute atomic E-state index is 13.9. The number of nitrogens with two attached hydrogens (primary N) is 1. The van der Waals surface area contributed by atoms with Gasteiger partial charge in [-0.2, -0.15) is 0 Å². The molecule has 0 aliphatic rings. The van der Waals surface area contributed by atoms with Gasteiger partial charge in [-0.3, -0.25) is 4.79 Å². The Balaban J connectivity index is 2.78. The second kappa shape index (κ2) is 6.70. The summed E-state index contributed by atoms with van der Waals surface area (Å²) in [5.41, 5.74) is 5.08. The quantitative estimate of drug-likeness (QED) is 0.805. The molecule has 0 fully saturated rings. The summed E-state index contributed by atoms with van der Waals surface area (Å²) in [6.45, 7) is 7.71. The second-order valence-corrected chi connectivity index (χ2v) is 5.25. The molecular weight excluding hydrogens is 259 g/mol. The molecule has 1 aromatic carbocycles. The zero-order valence-corrected chi connectivity index (χ0v) is 12.5. The second-order valence-electron chi connectivity index (χ2n) is 5.25. The van der Waals surface area contributed by atoms with Gasteiger partial charge in [-0.15, -0.1) is 0 Å². The molecule has 112 valence electrons. The van der Waals surface area contributed by atoms with Crippen molar-refractivity contribution in [3.63, 3.8) is 0 Å². The maximum Gasteiger partial charge on any atom is 0.237 e. The number of ether oxygens (including phenoxy) is 1. The summed E-state index contributed by atoms with van der Waals surface area (Å²) in [7, 11) is 0. The van der Waals surface area contributed by atoms with Crippen LogP contribution in [0, 0.1) is 12.7 Å². The monoisotopic (exact) mass is 282 g/mol. The van der Waals surface area contributed by atoms with E-state index in [2.05, 4.69) is 5.32 Å². The molecule has 0 bridgehead atoms. The molecule has 0 radical (unpaired) electrons. The molecule has 0 aliphatic heterocycles. The fourth-order valence-corrected chi connectivity index (χ4v) is 2.19. The van der Waals surface area contributed by atoms with E-state index in [1.807, 2.05) is 6.92 Å². The summed E-state index contributed by atoms with van der Waals surface area (Å²) in [6.07, 6.45) is 0.0201. The van der Waals surface area contributed by atoms with Crippen molar-refractivity contribution < 1.29 is 13.9 Å². The van der Waals surface area contributed by atoms with Crippen LogP contribution in [0.1, 0.15) is 32.8 Å². The molecule has 20 heavy (non-hydrogen) atoms. The fourth-order valence-electron chi connectivity index (χ4n) is 2.19. The smallest absolute Gasteiger partial charge is 0.237 e. The Hall–Kier alpha value is -1.62. The van der Waals surface area contributed by atoms with E-state index < -0.39 is 11.4 Å². The molecule has 2 atom stereocenters. The topological polar surface area (TPSA) is 64.3 Å².